The maximum Gasteiger partial charge on any atom is 0.259 e. The first-order valence-electron chi connectivity index (χ1n) is 11.7. The van der Waals surface area contributed by atoms with Gasteiger partial charge >= 0.3 is 0 Å². The second-order valence-corrected chi connectivity index (χ2v) is 9.29. The zero-order chi connectivity index (χ0) is 25.0. The van der Waals surface area contributed by atoms with Crippen LogP contribution in [0.1, 0.15) is 11.1 Å². The van der Waals surface area contributed by atoms with Gasteiger partial charge in [0.15, 0.2) is 11.5 Å². The standard InChI is InChI=1S/C27H26N4O5/c1-30(2)11-15(34-3)12-31-13-19(17-8-9-21-25(24(17)31)36-14-35-21)23-22(26(32)29-27(23)33)18-10-28-20-7-5-4-6-16(18)20/h4-10,13,15,28H,11-12,14H2,1-3H3,(H,29,32,33). The number of aromatic nitrogens is 2. The van der Waals surface area contributed by atoms with Gasteiger partial charge in [-0.25, -0.2) is 0 Å². The zero-order valence-corrected chi connectivity index (χ0v) is 20.3. The Kier molecular flexibility index (Phi) is 5.31. The van der Waals surface area contributed by atoms with Crippen molar-refractivity contribution >= 4 is 44.8 Å². The van der Waals surface area contributed by atoms with Gasteiger partial charge in [0.05, 0.1) is 29.3 Å². The fourth-order valence-corrected chi connectivity index (χ4v) is 5.17. The summed E-state index contributed by atoms with van der Waals surface area (Å²) in [7, 11) is 5.67. The summed E-state index contributed by atoms with van der Waals surface area (Å²) >= 11 is 0. The maximum absolute atomic E-state index is 13.2. The van der Waals surface area contributed by atoms with Gasteiger partial charge in [0.2, 0.25) is 6.79 Å². The van der Waals surface area contributed by atoms with E-state index in [9.17, 15) is 9.59 Å². The molecule has 184 valence electrons. The Hall–Kier alpha value is -4.08. The van der Waals surface area contributed by atoms with Crippen LogP contribution in [0.3, 0.4) is 0 Å². The van der Waals surface area contributed by atoms with Crippen molar-refractivity contribution < 1.29 is 23.8 Å². The van der Waals surface area contributed by atoms with Crippen molar-refractivity contribution in [2.24, 2.45) is 0 Å². The van der Waals surface area contributed by atoms with Gasteiger partial charge in [0.25, 0.3) is 11.8 Å². The molecular weight excluding hydrogens is 460 g/mol. The minimum Gasteiger partial charge on any atom is -0.454 e. The lowest BCUT2D eigenvalue weighted by Crippen LogP contribution is -2.31. The van der Waals surface area contributed by atoms with Crippen molar-refractivity contribution in [1.82, 2.24) is 19.8 Å². The first kappa shape index (κ1) is 22.4. The molecule has 0 aliphatic carbocycles. The van der Waals surface area contributed by atoms with Gasteiger partial charge in [-0.05, 0) is 32.3 Å². The molecule has 0 radical (unpaired) electrons. The third kappa shape index (κ3) is 3.47. The number of rotatable bonds is 7. The van der Waals surface area contributed by atoms with Crippen LogP contribution in [-0.4, -0.2) is 66.9 Å². The van der Waals surface area contributed by atoms with Crippen LogP contribution in [-0.2, 0) is 20.9 Å². The molecule has 2 N–H and O–H groups in total. The van der Waals surface area contributed by atoms with E-state index in [0.29, 0.717) is 46.9 Å². The van der Waals surface area contributed by atoms with Crippen LogP contribution in [0.2, 0.25) is 0 Å². The van der Waals surface area contributed by atoms with Gasteiger partial charge in [0.1, 0.15) is 0 Å². The molecule has 2 aromatic heterocycles. The van der Waals surface area contributed by atoms with Crippen molar-refractivity contribution in [2.75, 3.05) is 34.5 Å². The van der Waals surface area contributed by atoms with Crippen LogP contribution in [0.5, 0.6) is 11.5 Å². The summed E-state index contributed by atoms with van der Waals surface area (Å²) in [5, 5.41) is 4.19. The Bertz CT molecular complexity index is 1560. The minimum absolute atomic E-state index is 0.109. The van der Waals surface area contributed by atoms with Crippen molar-refractivity contribution in [2.45, 2.75) is 12.6 Å². The molecule has 4 aromatic rings. The summed E-state index contributed by atoms with van der Waals surface area (Å²) in [6, 6.07) is 11.5. The van der Waals surface area contributed by atoms with Crippen molar-refractivity contribution in [3.63, 3.8) is 0 Å². The number of carbonyl (C=O) groups excluding carboxylic acids is 2. The molecule has 4 heterocycles. The van der Waals surface area contributed by atoms with Crippen LogP contribution in [0.15, 0.2) is 48.8 Å². The number of carbonyl (C=O) groups is 2. The van der Waals surface area contributed by atoms with Crippen molar-refractivity contribution in [3.05, 3.63) is 59.9 Å². The predicted octanol–water partition coefficient (Wildman–Crippen LogP) is 3.00. The van der Waals surface area contributed by atoms with E-state index in [-0.39, 0.29) is 12.9 Å². The van der Waals surface area contributed by atoms with Crippen LogP contribution in [0.4, 0.5) is 0 Å². The Morgan fingerprint density at radius 3 is 2.58 bits per heavy atom. The smallest absolute Gasteiger partial charge is 0.259 e. The third-order valence-electron chi connectivity index (χ3n) is 6.74. The number of ether oxygens (including phenoxy) is 3. The largest absolute Gasteiger partial charge is 0.454 e. The van der Waals surface area contributed by atoms with E-state index in [1.807, 2.05) is 61.3 Å². The lowest BCUT2D eigenvalue weighted by Gasteiger charge is -2.21. The number of amides is 2. The number of likely N-dealkylation sites (N-methyl/N-ethyl adjacent to an activating group) is 1. The lowest BCUT2D eigenvalue weighted by molar-refractivity contribution is -0.122. The molecule has 9 nitrogen and oxygen atoms in total. The Balaban J connectivity index is 1.59. The number of hydrogen-bond acceptors (Lipinski definition) is 6. The number of aromatic amines is 1. The highest BCUT2D eigenvalue weighted by molar-refractivity contribution is 6.50. The van der Waals surface area contributed by atoms with Gasteiger partial charge in [-0.2, -0.15) is 0 Å². The summed E-state index contributed by atoms with van der Waals surface area (Å²) in [6.07, 6.45) is 3.59. The van der Waals surface area contributed by atoms with Crippen LogP contribution in [0.25, 0.3) is 33.0 Å². The number of benzene rings is 2. The SMILES string of the molecule is COC(CN(C)C)Cn1cc(C2=C(c3c[nH]c4ccccc34)C(=O)NC2=O)c2ccc3c(c21)OCO3. The third-order valence-corrected chi connectivity index (χ3v) is 6.74. The quantitative estimate of drug-likeness (QED) is 0.390. The van der Waals surface area contributed by atoms with Gasteiger partial charge in [-0.15, -0.1) is 0 Å². The van der Waals surface area contributed by atoms with E-state index in [2.05, 4.69) is 15.2 Å². The van der Waals surface area contributed by atoms with Gasteiger partial charge in [-0.3, -0.25) is 14.9 Å². The Labute approximate surface area is 207 Å². The van der Waals surface area contributed by atoms with Gasteiger partial charge in [-0.1, -0.05) is 18.2 Å². The molecule has 2 aromatic carbocycles. The average Bonchev–Trinajstić information content (AvgIpc) is 3.62. The number of methoxy groups -OCH3 is 1. The monoisotopic (exact) mass is 486 g/mol. The molecular formula is C27H26N4O5. The number of imide groups is 1. The maximum atomic E-state index is 13.2. The predicted molar refractivity (Wildman–Crippen MR) is 136 cm³/mol. The highest BCUT2D eigenvalue weighted by Crippen LogP contribution is 2.45. The van der Waals surface area contributed by atoms with Crippen LogP contribution < -0.4 is 14.8 Å². The van der Waals surface area contributed by atoms with E-state index < -0.39 is 11.8 Å². The topological polar surface area (TPSA) is 97.8 Å². The zero-order valence-electron chi connectivity index (χ0n) is 20.3. The number of fused-ring (bicyclic) bond motifs is 4. The molecule has 2 aliphatic heterocycles. The highest BCUT2D eigenvalue weighted by Gasteiger charge is 2.36. The van der Waals surface area contributed by atoms with Gasteiger partial charge in [0, 0.05) is 53.5 Å². The number of nitrogens with zero attached hydrogens (tertiary/aromatic N) is 2. The molecule has 0 fully saturated rings. The highest BCUT2D eigenvalue weighted by atomic mass is 16.7. The second kappa shape index (κ2) is 8.54. The average molecular weight is 487 g/mol. The summed E-state index contributed by atoms with van der Waals surface area (Å²) < 4.78 is 19.3. The molecule has 1 unspecified atom stereocenters. The van der Waals surface area contributed by atoms with Crippen molar-refractivity contribution in [1.29, 1.82) is 0 Å². The fraction of sp³-hybridized carbons (Fsp3) is 0.259. The summed E-state index contributed by atoms with van der Waals surface area (Å²) in [5.74, 6) is 0.433. The van der Waals surface area contributed by atoms with E-state index in [1.54, 1.807) is 13.3 Å². The summed E-state index contributed by atoms with van der Waals surface area (Å²) in [6.45, 7) is 1.36. The van der Waals surface area contributed by atoms with E-state index >= 15 is 0 Å². The molecule has 0 saturated heterocycles. The number of hydrogen-bond donors (Lipinski definition) is 2. The van der Waals surface area contributed by atoms with E-state index in [1.165, 1.54) is 0 Å². The number of para-hydroxylation sites is 1. The van der Waals surface area contributed by atoms with Crippen molar-refractivity contribution in [3.8, 4) is 11.5 Å². The molecule has 9 heteroatoms. The Morgan fingerprint density at radius 1 is 1.03 bits per heavy atom. The fourth-order valence-electron chi connectivity index (χ4n) is 5.17. The summed E-state index contributed by atoms with van der Waals surface area (Å²) in [5.41, 5.74) is 3.74. The Morgan fingerprint density at radius 2 is 1.81 bits per heavy atom. The summed E-state index contributed by atoms with van der Waals surface area (Å²) in [4.78, 5) is 31.6. The normalized spacial score (nSPS) is 16.1. The van der Waals surface area contributed by atoms with E-state index in [0.717, 1.165) is 21.8 Å². The molecule has 2 amide bonds. The molecule has 1 atom stereocenters. The number of H-pyrrole nitrogens is 1. The molecule has 36 heavy (non-hydrogen) atoms. The molecule has 2 aliphatic rings. The van der Waals surface area contributed by atoms with E-state index in [4.69, 9.17) is 14.2 Å². The molecule has 0 spiro atoms. The first-order chi connectivity index (χ1) is 17.5. The minimum atomic E-state index is -0.423. The molecule has 0 saturated carbocycles. The number of nitrogens with one attached hydrogen (secondary N) is 2. The molecule has 0 bridgehead atoms. The van der Waals surface area contributed by atoms with Gasteiger partial charge < -0.3 is 28.7 Å². The molecule has 6 rings (SSSR count). The lowest BCUT2D eigenvalue weighted by atomic mass is 9.95. The van der Waals surface area contributed by atoms with Crippen LogP contribution >= 0.6 is 0 Å². The first-order valence-corrected chi connectivity index (χ1v) is 11.7. The second-order valence-electron chi connectivity index (χ2n) is 9.29. The van der Waals surface area contributed by atoms with Crippen LogP contribution in [0, 0.1) is 0 Å².